The van der Waals surface area contributed by atoms with E-state index in [0.717, 1.165) is 36.9 Å². The van der Waals surface area contributed by atoms with Gasteiger partial charge in [-0.25, -0.2) is 4.79 Å². The van der Waals surface area contributed by atoms with Crippen molar-refractivity contribution in [3.8, 4) is 0 Å². The van der Waals surface area contributed by atoms with Crippen molar-refractivity contribution in [2.45, 2.75) is 39.3 Å². The van der Waals surface area contributed by atoms with Gasteiger partial charge in [0.05, 0.1) is 0 Å². The molecule has 0 N–H and O–H groups in total. The van der Waals surface area contributed by atoms with Gasteiger partial charge in [0.2, 0.25) is 5.91 Å². The molecule has 0 bridgehead atoms. The maximum Gasteiger partial charge on any atom is 0.331 e. The van der Waals surface area contributed by atoms with Crippen LogP contribution in [0, 0.1) is 0 Å². The molecule has 2 rings (SSSR count). The van der Waals surface area contributed by atoms with Crippen molar-refractivity contribution >= 4 is 5.91 Å². The fourth-order valence-corrected chi connectivity index (χ4v) is 2.32. The van der Waals surface area contributed by atoms with Crippen molar-refractivity contribution in [2.75, 3.05) is 13.1 Å². The molecule has 1 aliphatic rings. The predicted octanol–water partition coefficient (Wildman–Crippen LogP) is 0.0424. The molecule has 0 atom stereocenters. The summed E-state index contributed by atoms with van der Waals surface area (Å²) >= 11 is 0. The Kier molecular flexibility index (Phi) is 4.19. The van der Waals surface area contributed by atoms with E-state index in [0.29, 0.717) is 6.54 Å². The molecule has 0 saturated carbocycles. The van der Waals surface area contributed by atoms with Crippen LogP contribution >= 0.6 is 0 Å². The van der Waals surface area contributed by atoms with Crippen molar-refractivity contribution in [3.63, 3.8) is 0 Å². The van der Waals surface area contributed by atoms with Crippen LogP contribution in [-0.4, -0.2) is 33.0 Å². The second-order valence-electron chi connectivity index (χ2n) is 4.80. The maximum atomic E-state index is 12.1. The molecule has 0 spiro atoms. The number of hydrogen-bond donors (Lipinski definition) is 0. The van der Waals surface area contributed by atoms with Crippen molar-refractivity contribution in [1.82, 2.24) is 14.0 Å². The second-order valence-corrected chi connectivity index (χ2v) is 4.80. The van der Waals surface area contributed by atoms with E-state index in [1.807, 2.05) is 6.92 Å². The number of rotatable bonds is 4. The van der Waals surface area contributed by atoms with Crippen LogP contribution < -0.4 is 11.2 Å². The predicted molar refractivity (Wildman–Crippen MR) is 71.1 cm³/mol. The lowest BCUT2D eigenvalue weighted by atomic mass is 10.4. The molecular formula is C13H19N3O3. The van der Waals surface area contributed by atoms with Gasteiger partial charge in [0.1, 0.15) is 6.54 Å². The number of carbonyl (C=O) groups is 1. The first-order chi connectivity index (χ1) is 9.13. The van der Waals surface area contributed by atoms with Gasteiger partial charge in [-0.2, -0.15) is 0 Å². The Morgan fingerprint density at radius 1 is 1.26 bits per heavy atom. The number of nitrogens with zero attached hydrogens (tertiary/aromatic N) is 3. The number of carbonyl (C=O) groups excluding carboxylic acids is 1. The summed E-state index contributed by atoms with van der Waals surface area (Å²) in [4.78, 5) is 37.5. The average molecular weight is 265 g/mol. The Morgan fingerprint density at radius 3 is 2.58 bits per heavy atom. The molecule has 0 aliphatic carbocycles. The monoisotopic (exact) mass is 265 g/mol. The minimum atomic E-state index is -0.412. The molecule has 104 valence electrons. The molecule has 19 heavy (non-hydrogen) atoms. The summed E-state index contributed by atoms with van der Waals surface area (Å²) in [6.07, 6.45) is 4.29. The van der Waals surface area contributed by atoms with Crippen LogP contribution in [-0.2, 0) is 17.9 Å². The lowest BCUT2D eigenvalue weighted by Gasteiger charge is -2.16. The SMILES string of the molecule is CCCn1ccc(=O)n(CC(=O)N2CCCC2)c1=O. The topological polar surface area (TPSA) is 64.3 Å². The van der Waals surface area contributed by atoms with E-state index in [1.165, 1.54) is 16.8 Å². The molecule has 1 aromatic heterocycles. The number of likely N-dealkylation sites (tertiary alicyclic amines) is 1. The summed E-state index contributed by atoms with van der Waals surface area (Å²) in [5.74, 6) is -0.147. The molecule has 2 heterocycles. The normalized spacial score (nSPS) is 14.9. The van der Waals surface area contributed by atoms with Crippen LogP contribution in [0.15, 0.2) is 21.9 Å². The third kappa shape index (κ3) is 2.94. The van der Waals surface area contributed by atoms with Crippen molar-refractivity contribution < 1.29 is 4.79 Å². The molecule has 0 unspecified atom stereocenters. The summed E-state index contributed by atoms with van der Waals surface area (Å²) in [7, 11) is 0. The largest absolute Gasteiger partial charge is 0.341 e. The molecule has 0 radical (unpaired) electrons. The van der Waals surface area contributed by atoms with Crippen molar-refractivity contribution in [1.29, 1.82) is 0 Å². The first-order valence-electron chi connectivity index (χ1n) is 6.71. The average Bonchev–Trinajstić information content (AvgIpc) is 2.92. The Hall–Kier alpha value is -1.85. The van der Waals surface area contributed by atoms with Gasteiger partial charge in [0.25, 0.3) is 5.56 Å². The molecule has 6 nitrogen and oxygen atoms in total. The van der Waals surface area contributed by atoms with E-state index in [-0.39, 0.29) is 12.5 Å². The standard InChI is InChI=1S/C13H19N3O3/c1-2-6-15-9-5-11(17)16(13(15)19)10-12(18)14-7-3-4-8-14/h5,9H,2-4,6-8,10H2,1H3. The van der Waals surface area contributed by atoms with E-state index in [1.54, 1.807) is 4.90 Å². The van der Waals surface area contributed by atoms with Crippen LogP contribution in [0.3, 0.4) is 0 Å². The zero-order valence-corrected chi connectivity index (χ0v) is 11.2. The summed E-state index contributed by atoms with van der Waals surface area (Å²) in [5.41, 5.74) is -0.813. The van der Waals surface area contributed by atoms with Crippen LogP contribution in [0.5, 0.6) is 0 Å². The Balaban J connectivity index is 2.23. The van der Waals surface area contributed by atoms with Gasteiger partial charge >= 0.3 is 5.69 Å². The minimum absolute atomic E-state index is 0.147. The first-order valence-corrected chi connectivity index (χ1v) is 6.71. The molecule has 0 aromatic carbocycles. The van der Waals surface area contributed by atoms with Crippen LogP contribution in [0.25, 0.3) is 0 Å². The molecular weight excluding hydrogens is 246 g/mol. The van der Waals surface area contributed by atoms with Crippen LogP contribution in [0.2, 0.25) is 0 Å². The maximum absolute atomic E-state index is 12.1. The van der Waals surface area contributed by atoms with Gasteiger partial charge in [0, 0.05) is 31.9 Å². The highest BCUT2D eigenvalue weighted by atomic mass is 16.2. The fourth-order valence-electron chi connectivity index (χ4n) is 2.32. The van der Waals surface area contributed by atoms with Gasteiger partial charge in [0.15, 0.2) is 0 Å². The van der Waals surface area contributed by atoms with E-state index in [2.05, 4.69) is 0 Å². The quantitative estimate of drug-likeness (QED) is 0.772. The van der Waals surface area contributed by atoms with E-state index in [9.17, 15) is 14.4 Å². The van der Waals surface area contributed by atoms with E-state index >= 15 is 0 Å². The number of aromatic nitrogens is 2. The summed E-state index contributed by atoms with van der Waals surface area (Å²) in [6, 6.07) is 1.34. The summed E-state index contributed by atoms with van der Waals surface area (Å²) in [6.45, 7) is 3.81. The van der Waals surface area contributed by atoms with Gasteiger partial charge in [-0.3, -0.25) is 14.2 Å². The van der Waals surface area contributed by atoms with Gasteiger partial charge in [-0.1, -0.05) is 6.92 Å². The van der Waals surface area contributed by atoms with Crippen LogP contribution in [0.1, 0.15) is 26.2 Å². The number of amides is 1. The van der Waals surface area contributed by atoms with Gasteiger partial charge in [-0.05, 0) is 19.3 Å². The zero-order chi connectivity index (χ0) is 13.8. The fraction of sp³-hybridized carbons (Fsp3) is 0.615. The molecule has 1 saturated heterocycles. The third-order valence-corrected chi connectivity index (χ3v) is 3.36. The van der Waals surface area contributed by atoms with E-state index in [4.69, 9.17) is 0 Å². The lowest BCUT2D eigenvalue weighted by Crippen LogP contribution is -2.43. The summed E-state index contributed by atoms with van der Waals surface area (Å²) < 4.78 is 2.50. The highest BCUT2D eigenvalue weighted by molar-refractivity contribution is 5.76. The van der Waals surface area contributed by atoms with Crippen molar-refractivity contribution in [2.24, 2.45) is 0 Å². The molecule has 1 aromatic rings. The Bertz CT molecular complexity index is 567. The number of hydrogen-bond acceptors (Lipinski definition) is 3. The van der Waals surface area contributed by atoms with E-state index < -0.39 is 11.2 Å². The summed E-state index contributed by atoms with van der Waals surface area (Å²) in [5, 5.41) is 0. The zero-order valence-electron chi connectivity index (χ0n) is 11.2. The van der Waals surface area contributed by atoms with Crippen LogP contribution in [0.4, 0.5) is 0 Å². The van der Waals surface area contributed by atoms with Crippen molar-refractivity contribution in [3.05, 3.63) is 33.1 Å². The lowest BCUT2D eigenvalue weighted by molar-refractivity contribution is -0.130. The Labute approximate surface area is 111 Å². The second kappa shape index (κ2) is 5.86. The molecule has 6 heteroatoms. The minimum Gasteiger partial charge on any atom is -0.341 e. The Morgan fingerprint density at radius 2 is 1.95 bits per heavy atom. The highest BCUT2D eigenvalue weighted by Crippen LogP contribution is 2.07. The van der Waals surface area contributed by atoms with Gasteiger partial charge < -0.3 is 9.47 Å². The number of aryl methyl sites for hydroxylation is 1. The smallest absolute Gasteiger partial charge is 0.331 e. The third-order valence-electron chi connectivity index (χ3n) is 3.36. The van der Waals surface area contributed by atoms with Gasteiger partial charge in [-0.15, -0.1) is 0 Å². The molecule has 1 fully saturated rings. The molecule has 1 aliphatic heterocycles. The first kappa shape index (κ1) is 13.6. The molecule has 1 amide bonds. The highest BCUT2D eigenvalue weighted by Gasteiger charge is 2.19.